The van der Waals surface area contributed by atoms with Gasteiger partial charge in [0.05, 0.1) is 7.11 Å². The number of methoxy groups -OCH3 is 1. The highest BCUT2D eigenvalue weighted by atomic mass is 16.5. The van der Waals surface area contributed by atoms with Crippen LogP contribution in [0.3, 0.4) is 0 Å². The molecule has 4 aromatic carbocycles. The molecule has 0 bridgehead atoms. The second-order valence-electron chi connectivity index (χ2n) is 9.37. The standard InChI is InChI=1S/C32H34N4O3/c1-22-5-3-7-26(19-22)31(37)36-30(32(38)35-18-17-34-28-13-15-29(39-2)16-14-28)20-23-9-11-24(12-10-23)25-6-4-8-27(33)21-25/h3-16,19,21,30,34H,17-18,20,33H2,1-2H3,(H,35,38)(H,36,37). The number of benzene rings is 4. The normalized spacial score (nSPS) is 11.3. The van der Waals surface area contributed by atoms with E-state index < -0.39 is 6.04 Å². The Labute approximate surface area is 229 Å². The Hall–Kier alpha value is -4.78. The fraction of sp³-hybridized carbons (Fsp3) is 0.188. The zero-order valence-electron chi connectivity index (χ0n) is 22.2. The molecule has 2 amide bonds. The smallest absolute Gasteiger partial charge is 0.251 e. The molecule has 7 heteroatoms. The molecule has 0 spiro atoms. The predicted molar refractivity (Wildman–Crippen MR) is 157 cm³/mol. The van der Waals surface area contributed by atoms with Crippen LogP contribution in [-0.4, -0.2) is 38.1 Å². The third-order valence-electron chi connectivity index (χ3n) is 6.36. The zero-order chi connectivity index (χ0) is 27.6. The van der Waals surface area contributed by atoms with Gasteiger partial charge in [0.25, 0.3) is 5.91 Å². The summed E-state index contributed by atoms with van der Waals surface area (Å²) in [5.74, 6) is 0.251. The number of hydrogen-bond acceptors (Lipinski definition) is 5. The molecule has 0 aliphatic heterocycles. The predicted octanol–water partition coefficient (Wildman–Crippen LogP) is 4.82. The van der Waals surface area contributed by atoms with Gasteiger partial charge in [0, 0.05) is 36.4 Å². The van der Waals surface area contributed by atoms with E-state index in [0.717, 1.165) is 33.7 Å². The summed E-state index contributed by atoms with van der Waals surface area (Å²) in [7, 11) is 1.63. The lowest BCUT2D eigenvalue weighted by Crippen LogP contribution is -2.48. The molecule has 0 heterocycles. The Bertz CT molecular complexity index is 1400. The molecule has 200 valence electrons. The van der Waals surface area contributed by atoms with Crippen LogP contribution < -0.4 is 26.4 Å². The van der Waals surface area contributed by atoms with Crippen LogP contribution in [0.2, 0.25) is 0 Å². The van der Waals surface area contributed by atoms with Crippen LogP contribution in [-0.2, 0) is 11.2 Å². The van der Waals surface area contributed by atoms with Crippen LogP contribution in [0.5, 0.6) is 5.75 Å². The van der Waals surface area contributed by atoms with Crippen LogP contribution in [0.25, 0.3) is 11.1 Å². The lowest BCUT2D eigenvalue weighted by molar-refractivity contribution is -0.122. The summed E-state index contributed by atoms with van der Waals surface area (Å²) >= 11 is 0. The number of nitrogens with one attached hydrogen (secondary N) is 3. The summed E-state index contributed by atoms with van der Waals surface area (Å²) < 4.78 is 5.18. The third kappa shape index (κ3) is 7.85. The lowest BCUT2D eigenvalue weighted by Gasteiger charge is -2.19. The van der Waals surface area contributed by atoms with E-state index in [1.807, 2.05) is 97.9 Å². The molecule has 39 heavy (non-hydrogen) atoms. The molecular weight excluding hydrogens is 488 g/mol. The molecule has 0 radical (unpaired) electrons. The first-order valence-corrected chi connectivity index (χ1v) is 12.9. The van der Waals surface area contributed by atoms with Gasteiger partial charge in [0.2, 0.25) is 5.91 Å². The lowest BCUT2D eigenvalue weighted by atomic mass is 9.99. The number of nitrogens with two attached hydrogens (primary N) is 1. The number of nitrogen functional groups attached to an aromatic ring is 1. The highest BCUT2D eigenvalue weighted by Crippen LogP contribution is 2.22. The van der Waals surface area contributed by atoms with Crippen LogP contribution >= 0.6 is 0 Å². The number of rotatable bonds is 11. The molecule has 5 N–H and O–H groups in total. The minimum Gasteiger partial charge on any atom is -0.497 e. The van der Waals surface area contributed by atoms with E-state index in [-0.39, 0.29) is 11.8 Å². The van der Waals surface area contributed by atoms with Gasteiger partial charge in [-0.1, -0.05) is 54.1 Å². The monoisotopic (exact) mass is 522 g/mol. The number of carbonyl (C=O) groups is 2. The summed E-state index contributed by atoms with van der Waals surface area (Å²) in [6.45, 7) is 2.86. The van der Waals surface area contributed by atoms with Crippen molar-refractivity contribution in [3.05, 3.63) is 114 Å². The molecule has 0 saturated heterocycles. The largest absolute Gasteiger partial charge is 0.497 e. The van der Waals surface area contributed by atoms with E-state index in [4.69, 9.17) is 10.5 Å². The maximum absolute atomic E-state index is 13.2. The van der Waals surface area contributed by atoms with Gasteiger partial charge >= 0.3 is 0 Å². The van der Waals surface area contributed by atoms with Gasteiger partial charge in [-0.15, -0.1) is 0 Å². The molecule has 1 unspecified atom stereocenters. The van der Waals surface area contributed by atoms with E-state index in [2.05, 4.69) is 16.0 Å². The number of ether oxygens (including phenoxy) is 1. The van der Waals surface area contributed by atoms with Crippen molar-refractivity contribution in [1.82, 2.24) is 10.6 Å². The zero-order valence-corrected chi connectivity index (χ0v) is 22.2. The van der Waals surface area contributed by atoms with Gasteiger partial charge in [-0.2, -0.15) is 0 Å². The molecule has 0 aromatic heterocycles. The summed E-state index contributed by atoms with van der Waals surface area (Å²) in [5, 5.41) is 9.16. The first-order chi connectivity index (χ1) is 18.9. The second kappa shape index (κ2) is 13.1. The first kappa shape index (κ1) is 27.3. The van der Waals surface area contributed by atoms with Gasteiger partial charge in [-0.05, 0) is 72.1 Å². The average molecular weight is 523 g/mol. The van der Waals surface area contributed by atoms with Crippen molar-refractivity contribution >= 4 is 23.2 Å². The quantitative estimate of drug-likeness (QED) is 0.167. The summed E-state index contributed by atoms with van der Waals surface area (Å²) in [6, 6.07) is 29.8. The average Bonchev–Trinajstić information content (AvgIpc) is 2.95. The fourth-order valence-electron chi connectivity index (χ4n) is 4.25. The highest BCUT2D eigenvalue weighted by Gasteiger charge is 2.22. The SMILES string of the molecule is COc1ccc(NCCNC(=O)C(Cc2ccc(-c3cccc(N)c3)cc2)NC(=O)c2cccc(C)c2)cc1. The molecular formula is C32H34N4O3. The highest BCUT2D eigenvalue weighted by molar-refractivity contribution is 5.97. The van der Waals surface area contributed by atoms with Gasteiger partial charge in [-0.25, -0.2) is 0 Å². The Morgan fingerprint density at radius 3 is 2.28 bits per heavy atom. The van der Waals surface area contributed by atoms with E-state index in [0.29, 0.717) is 30.8 Å². The Balaban J connectivity index is 1.42. The number of aryl methyl sites for hydroxylation is 1. The topological polar surface area (TPSA) is 105 Å². The Kier molecular flexibility index (Phi) is 9.19. The second-order valence-corrected chi connectivity index (χ2v) is 9.37. The van der Waals surface area contributed by atoms with E-state index in [1.54, 1.807) is 13.2 Å². The van der Waals surface area contributed by atoms with Crippen molar-refractivity contribution in [3.8, 4) is 16.9 Å². The molecule has 4 rings (SSSR count). The van der Waals surface area contributed by atoms with Crippen molar-refractivity contribution < 1.29 is 14.3 Å². The van der Waals surface area contributed by atoms with E-state index in [1.165, 1.54) is 0 Å². The van der Waals surface area contributed by atoms with Crippen LogP contribution in [0.15, 0.2) is 97.1 Å². The van der Waals surface area contributed by atoms with Gasteiger partial charge in [-0.3, -0.25) is 9.59 Å². The molecule has 0 aliphatic carbocycles. The Morgan fingerprint density at radius 2 is 1.59 bits per heavy atom. The van der Waals surface area contributed by atoms with Crippen molar-refractivity contribution in [2.24, 2.45) is 0 Å². The van der Waals surface area contributed by atoms with Crippen molar-refractivity contribution in [3.63, 3.8) is 0 Å². The molecule has 0 saturated carbocycles. The van der Waals surface area contributed by atoms with Gasteiger partial charge < -0.3 is 26.4 Å². The van der Waals surface area contributed by atoms with Crippen LogP contribution in [0, 0.1) is 6.92 Å². The maximum Gasteiger partial charge on any atom is 0.251 e. The minimum atomic E-state index is -0.739. The molecule has 0 aliphatic rings. The van der Waals surface area contributed by atoms with E-state index >= 15 is 0 Å². The molecule has 1 atom stereocenters. The summed E-state index contributed by atoms with van der Waals surface area (Å²) in [5.41, 5.74) is 12.0. The van der Waals surface area contributed by atoms with Crippen molar-refractivity contribution in [2.75, 3.05) is 31.2 Å². The summed E-state index contributed by atoms with van der Waals surface area (Å²) in [6.07, 6.45) is 0.354. The van der Waals surface area contributed by atoms with Gasteiger partial charge in [0.15, 0.2) is 0 Å². The molecule has 7 nitrogen and oxygen atoms in total. The maximum atomic E-state index is 13.2. The fourth-order valence-corrected chi connectivity index (χ4v) is 4.25. The summed E-state index contributed by atoms with van der Waals surface area (Å²) in [4.78, 5) is 26.2. The van der Waals surface area contributed by atoms with Crippen LogP contribution in [0.4, 0.5) is 11.4 Å². The first-order valence-electron chi connectivity index (χ1n) is 12.9. The van der Waals surface area contributed by atoms with E-state index in [9.17, 15) is 9.59 Å². The molecule has 0 fully saturated rings. The van der Waals surface area contributed by atoms with Crippen molar-refractivity contribution in [2.45, 2.75) is 19.4 Å². The molecule has 4 aromatic rings. The van der Waals surface area contributed by atoms with Crippen molar-refractivity contribution in [1.29, 1.82) is 0 Å². The number of carbonyl (C=O) groups excluding carboxylic acids is 2. The van der Waals surface area contributed by atoms with Crippen LogP contribution in [0.1, 0.15) is 21.5 Å². The Morgan fingerprint density at radius 1 is 0.846 bits per heavy atom. The number of anilines is 2. The number of hydrogen-bond donors (Lipinski definition) is 4. The third-order valence-corrected chi connectivity index (χ3v) is 6.36. The minimum absolute atomic E-state index is 0.243. The van der Waals surface area contributed by atoms with Gasteiger partial charge in [0.1, 0.15) is 11.8 Å². The number of amides is 2.